The van der Waals surface area contributed by atoms with Gasteiger partial charge < -0.3 is 19.7 Å². The lowest BCUT2D eigenvalue weighted by molar-refractivity contribution is -0.139. The van der Waals surface area contributed by atoms with Gasteiger partial charge in [0.05, 0.1) is 6.10 Å². The summed E-state index contributed by atoms with van der Waals surface area (Å²) in [6.07, 6.45) is -1.06. The molecule has 40 heavy (non-hydrogen) atoms. The Morgan fingerprint density at radius 1 is 0.950 bits per heavy atom. The molecule has 3 aromatic carbocycles. The Morgan fingerprint density at radius 2 is 1.50 bits per heavy atom. The van der Waals surface area contributed by atoms with Crippen molar-refractivity contribution < 1.29 is 33.0 Å². The molecule has 1 aliphatic rings. The first kappa shape index (κ1) is 29.4. The third-order valence-corrected chi connectivity index (χ3v) is 8.38. The van der Waals surface area contributed by atoms with Crippen LogP contribution in [-0.2, 0) is 25.0 Å². The molecule has 0 bridgehead atoms. The van der Waals surface area contributed by atoms with Crippen molar-refractivity contribution in [2.75, 3.05) is 13.3 Å². The van der Waals surface area contributed by atoms with E-state index in [0.29, 0.717) is 11.3 Å². The molecule has 0 saturated carbocycles. The molecule has 8 nitrogen and oxygen atoms in total. The van der Waals surface area contributed by atoms with Gasteiger partial charge in [-0.05, 0) is 52.3 Å². The lowest BCUT2D eigenvalue weighted by Crippen LogP contribution is -2.42. The number of rotatable bonds is 10. The van der Waals surface area contributed by atoms with Gasteiger partial charge in [-0.1, -0.05) is 81.4 Å². The Hall–Kier alpha value is -3.61. The normalized spacial score (nSPS) is 15.7. The maximum absolute atomic E-state index is 12.8. The van der Waals surface area contributed by atoms with E-state index in [4.69, 9.17) is 13.8 Å². The summed E-state index contributed by atoms with van der Waals surface area (Å²) >= 11 is 0. The largest absolute Gasteiger partial charge is 0.480 e. The quantitative estimate of drug-likeness (QED) is 0.258. The zero-order chi connectivity index (χ0) is 29.1. The van der Waals surface area contributed by atoms with Crippen LogP contribution in [0.5, 0.6) is 5.75 Å². The number of nitrogens with one attached hydrogen (secondary N) is 1. The van der Waals surface area contributed by atoms with Gasteiger partial charge in [-0.3, -0.25) is 4.52 Å². The van der Waals surface area contributed by atoms with E-state index >= 15 is 0 Å². The molecule has 0 aliphatic heterocycles. The van der Waals surface area contributed by atoms with Crippen LogP contribution in [0, 0.1) is 5.41 Å². The molecule has 212 valence electrons. The molecule has 1 aliphatic carbocycles. The van der Waals surface area contributed by atoms with Gasteiger partial charge in [0.2, 0.25) is 0 Å². The van der Waals surface area contributed by atoms with Gasteiger partial charge in [-0.2, -0.15) is 0 Å². The summed E-state index contributed by atoms with van der Waals surface area (Å²) in [6.45, 7) is 9.32. The average Bonchev–Trinajstić information content (AvgIpc) is 3.21. The summed E-state index contributed by atoms with van der Waals surface area (Å²) in [5.74, 6) is -0.970. The van der Waals surface area contributed by atoms with Crippen molar-refractivity contribution in [3.8, 4) is 16.9 Å². The summed E-state index contributed by atoms with van der Waals surface area (Å²) in [5, 5.41) is 12.2. The SMILES string of the molecule is CC(OP(C)(=O)Oc1ccc(C[C@H](NC(=O)OCC2c3ccccc3-c3ccccc32)C(=O)O)cc1)C(C)(C)C. The highest BCUT2D eigenvalue weighted by Crippen LogP contribution is 2.48. The maximum atomic E-state index is 12.8. The minimum atomic E-state index is -3.37. The average molecular weight is 566 g/mol. The molecule has 2 N–H and O–H groups in total. The fourth-order valence-electron chi connectivity index (χ4n) is 4.56. The fourth-order valence-corrected chi connectivity index (χ4v) is 6.00. The molecule has 3 atom stereocenters. The van der Waals surface area contributed by atoms with Crippen molar-refractivity contribution in [3.05, 3.63) is 89.5 Å². The highest BCUT2D eigenvalue weighted by atomic mass is 31.2. The van der Waals surface area contributed by atoms with Crippen LogP contribution in [0.1, 0.15) is 50.3 Å². The smallest absolute Gasteiger partial charge is 0.407 e. The summed E-state index contributed by atoms with van der Waals surface area (Å²) in [5.41, 5.74) is 4.81. The monoisotopic (exact) mass is 565 g/mol. The summed E-state index contributed by atoms with van der Waals surface area (Å²) in [7, 11) is -3.37. The predicted molar refractivity (Wildman–Crippen MR) is 154 cm³/mol. The first-order valence-corrected chi connectivity index (χ1v) is 15.2. The molecule has 0 saturated heterocycles. The number of benzene rings is 3. The Kier molecular flexibility index (Phi) is 8.71. The van der Waals surface area contributed by atoms with Crippen LogP contribution in [0.3, 0.4) is 0 Å². The standard InChI is InChI=1S/C31H36NO7P/c1-20(31(2,3)4)38-40(5,36)39-22-16-14-21(15-17-22)18-28(29(33)34)32-30(35)37-19-27-25-12-8-6-10-23(25)24-11-7-9-13-26(24)27/h6-17,20,27-28H,18-19H2,1-5H3,(H,32,35)(H,33,34)/t20?,28-,40?/m0/s1. The van der Waals surface area contributed by atoms with Crippen molar-refractivity contribution in [3.63, 3.8) is 0 Å². The number of hydrogen-bond donors (Lipinski definition) is 2. The topological polar surface area (TPSA) is 111 Å². The van der Waals surface area contributed by atoms with E-state index in [1.807, 2.05) is 76.2 Å². The number of hydrogen-bond acceptors (Lipinski definition) is 6. The van der Waals surface area contributed by atoms with Gasteiger partial charge in [0.25, 0.3) is 0 Å². The molecule has 1 amide bonds. The van der Waals surface area contributed by atoms with Gasteiger partial charge in [-0.25, -0.2) is 14.2 Å². The molecule has 0 heterocycles. The molecule has 0 radical (unpaired) electrons. The van der Waals surface area contributed by atoms with Crippen molar-refractivity contribution in [2.45, 2.75) is 52.2 Å². The molecule has 3 aromatic rings. The molecule has 4 rings (SSSR count). The second kappa shape index (κ2) is 11.9. The molecule has 0 spiro atoms. The Balaban J connectivity index is 1.34. The molecule has 2 unspecified atom stereocenters. The van der Waals surface area contributed by atoms with E-state index in [-0.39, 0.29) is 30.5 Å². The van der Waals surface area contributed by atoms with Crippen LogP contribution in [0.25, 0.3) is 11.1 Å². The molecule has 0 fully saturated rings. The second-order valence-electron chi connectivity index (χ2n) is 11.2. The number of carbonyl (C=O) groups is 2. The summed E-state index contributed by atoms with van der Waals surface area (Å²) in [4.78, 5) is 24.6. The number of alkyl carbamates (subject to hydrolysis) is 1. The second-order valence-corrected chi connectivity index (χ2v) is 13.1. The molecule has 9 heteroatoms. The Bertz CT molecular complexity index is 1370. The van der Waals surface area contributed by atoms with E-state index in [9.17, 15) is 19.3 Å². The number of carboxylic acids is 1. The van der Waals surface area contributed by atoms with Crippen LogP contribution >= 0.6 is 7.60 Å². The van der Waals surface area contributed by atoms with Crippen LogP contribution in [-0.4, -0.2) is 42.6 Å². The summed E-state index contributed by atoms with van der Waals surface area (Å²) in [6, 6.07) is 21.3. The lowest BCUT2D eigenvalue weighted by atomic mass is 9.91. The van der Waals surface area contributed by atoms with Gasteiger partial charge in [-0.15, -0.1) is 0 Å². The number of aliphatic carboxylic acids is 1. The minimum absolute atomic E-state index is 0.0289. The van der Waals surface area contributed by atoms with Crippen molar-refractivity contribution in [2.24, 2.45) is 5.41 Å². The summed E-state index contributed by atoms with van der Waals surface area (Å²) < 4.78 is 29.6. The highest BCUT2D eigenvalue weighted by Gasteiger charge is 2.31. The number of carboxylic acid groups (broad SMARTS) is 1. The first-order valence-electron chi connectivity index (χ1n) is 13.2. The van der Waals surface area contributed by atoms with Crippen LogP contribution < -0.4 is 9.84 Å². The third-order valence-electron chi connectivity index (χ3n) is 7.14. The van der Waals surface area contributed by atoms with E-state index in [0.717, 1.165) is 22.3 Å². The molecular formula is C31H36NO7P. The lowest BCUT2D eigenvalue weighted by Gasteiger charge is -2.29. The number of carbonyl (C=O) groups excluding carboxylic acids is 1. The van der Waals surface area contributed by atoms with Gasteiger partial charge in [0.1, 0.15) is 18.4 Å². The van der Waals surface area contributed by atoms with Crippen LogP contribution in [0.15, 0.2) is 72.8 Å². The predicted octanol–water partition coefficient (Wildman–Crippen LogP) is 6.87. The Morgan fingerprint density at radius 3 is 2.02 bits per heavy atom. The minimum Gasteiger partial charge on any atom is -0.480 e. The molecular weight excluding hydrogens is 529 g/mol. The van der Waals surface area contributed by atoms with E-state index in [1.165, 1.54) is 6.66 Å². The zero-order valence-electron chi connectivity index (χ0n) is 23.4. The van der Waals surface area contributed by atoms with Crippen LogP contribution in [0.2, 0.25) is 0 Å². The third kappa shape index (κ3) is 7.12. The maximum Gasteiger partial charge on any atom is 0.407 e. The van der Waals surface area contributed by atoms with Crippen LogP contribution in [0.4, 0.5) is 4.79 Å². The molecule has 0 aromatic heterocycles. The van der Waals surface area contributed by atoms with E-state index in [1.54, 1.807) is 24.3 Å². The van der Waals surface area contributed by atoms with Gasteiger partial charge >= 0.3 is 19.7 Å². The van der Waals surface area contributed by atoms with E-state index in [2.05, 4.69) is 5.32 Å². The van der Waals surface area contributed by atoms with Crippen molar-refractivity contribution in [1.82, 2.24) is 5.32 Å². The number of ether oxygens (including phenoxy) is 1. The number of amides is 1. The van der Waals surface area contributed by atoms with Crippen molar-refractivity contribution in [1.29, 1.82) is 0 Å². The fraction of sp³-hybridized carbons (Fsp3) is 0.355. The first-order chi connectivity index (χ1) is 18.8. The van der Waals surface area contributed by atoms with Gasteiger partial charge in [0.15, 0.2) is 0 Å². The zero-order valence-corrected chi connectivity index (χ0v) is 24.3. The Labute approximate surface area is 235 Å². The van der Waals surface area contributed by atoms with E-state index < -0.39 is 25.7 Å². The van der Waals surface area contributed by atoms with Crippen molar-refractivity contribution >= 4 is 19.7 Å². The highest BCUT2D eigenvalue weighted by molar-refractivity contribution is 7.53. The number of fused-ring (bicyclic) bond motifs is 3. The van der Waals surface area contributed by atoms with Gasteiger partial charge in [0, 0.05) is 19.0 Å².